The van der Waals surface area contributed by atoms with Gasteiger partial charge in [0, 0.05) is 18.5 Å². The summed E-state index contributed by atoms with van der Waals surface area (Å²) in [5, 5.41) is 5.28. The number of hydrazone groups is 1. The molecule has 1 N–H and O–H groups in total. The SMILES string of the molecule is CN1C(=O)Cc2cc(C3=NNC(=NCc4ccc5c(c4)OCO5)SC3)ccc21. The van der Waals surface area contributed by atoms with Crippen LogP contribution in [0.15, 0.2) is 46.5 Å². The van der Waals surface area contributed by atoms with Gasteiger partial charge >= 0.3 is 0 Å². The molecular weight excluding hydrogens is 376 g/mol. The number of thioether (sulfide) groups is 1. The number of amidine groups is 1. The summed E-state index contributed by atoms with van der Waals surface area (Å²) in [6.07, 6.45) is 0.454. The highest BCUT2D eigenvalue weighted by Gasteiger charge is 2.25. The molecule has 0 bridgehead atoms. The van der Waals surface area contributed by atoms with Crippen molar-refractivity contribution in [3.8, 4) is 11.5 Å². The number of ether oxygens (including phenoxy) is 2. The Morgan fingerprint density at radius 3 is 2.96 bits per heavy atom. The number of nitrogens with one attached hydrogen (secondary N) is 1. The average molecular weight is 394 g/mol. The van der Waals surface area contributed by atoms with E-state index in [0.717, 1.165) is 50.5 Å². The Bertz CT molecular complexity index is 1030. The number of nitrogens with zero attached hydrogens (tertiary/aromatic N) is 3. The number of rotatable bonds is 3. The normalized spacial score (nSPS) is 18.9. The molecule has 28 heavy (non-hydrogen) atoms. The number of aliphatic imine (C=N–C) groups is 1. The smallest absolute Gasteiger partial charge is 0.231 e. The van der Waals surface area contributed by atoms with Crippen LogP contribution in [0.2, 0.25) is 0 Å². The number of hydrogen-bond acceptors (Lipinski definition) is 6. The molecule has 0 atom stereocenters. The quantitative estimate of drug-likeness (QED) is 0.866. The van der Waals surface area contributed by atoms with E-state index in [0.29, 0.717) is 13.0 Å². The lowest BCUT2D eigenvalue weighted by molar-refractivity contribution is -0.117. The van der Waals surface area contributed by atoms with Crippen LogP contribution in [0.1, 0.15) is 16.7 Å². The van der Waals surface area contributed by atoms with Gasteiger partial charge in [0.15, 0.2) is 16.7 Å². The molecule has 0 aliphatic carbocycles. The van der Waals surface area contributed by atoms with Crippen molar-refractivity contribution in [2.45, 2.75) is 13.0 Å². The lowest BCUT2D eigenvalue weighted by atomic mass is 10.1. The maximum atomic E-state index is 11.9. The van der Waals surface area contributed by atoms with Crippen molar-refractivity contribution in [2.24, 2.45) is 10.1 Å². The molecule has 0 saturated carbocycles. The summed E-state index contributed by atoms with van der Waals surface area (Å²) in [7, 11) is 1.81. The molecule has 142 valence electrons. The number of anilines is 1. The van der Waals surface area contributed by atoms with E-state index < -0.39 is 0 Å². The van der Waals surface area contributed by atoms with Crippen molar-refractivity contribution < 1.29 is 14.3 Å². The van der Waals surface area contributed by atoms with E-state index in [9.17, 15) is 4.79 Å². The maximum absolute atomic E-state index is 11.9. The second-order valence-corrected chi connectivity index (χ2v) is 7.71. The molecule has 0 aromatic heterocycles. The second kappa shape index (κ2) is 6.87. The lowest BCUT2D eigenvalue weighted by Crippen LogP contribution is -2.25. The van der Waals surface area contributed by atoms with Crippen molar-refractivity contribution >= 4 is 34.2 Å². The van der Waals surface area contributed by atoms with Crippen molar-refractivity contribution in [3.05, 3.63) is 53.1 Å². The van der Waals surface area contributed by atoms with Crippen molar-refractivity contribution in [1.82, 2.24) is 5.43 Å². The van der Waals surface area contributed by atoms with Crippen LogP contribution in [0.4, 0.5) is 5.69 Å². The Morgan fingerprint density at radius 2 is 2.11 bits per heavy atom. The first-order valence-electron chi connectivity index (χ1n) is 8.95. The van der Waals surface area contributed by atoms with Gasteiger partial charge < -0.3 is 14.4 Å². The van der Waals surface area contributed by atoms with Crippen LogP contribution in [-0.2, 0) is 17.8 Å². The van der Waals surface area contributed by atoms with Gasteiger partial charge in [-0.3, -0.25) is 15.2 Å². The van der Waals surface area contributed by atoms with Gasteiger partial charge in [-0.05, 0) is 41.0 Å². The number of carbonyl (C=O) groups excluding carboxylic acids is 1. The summed E-state index contributed by atoms with van der Waals surface area (Å²) in [5.41, 5.74) is 8.13. The van der Waals surface area contributed by atoms with E-state index in [2.05, 4.69) is 21.6 Å². The number of fused-ring (bicyclic) bond motifs is 2. The standard InChI is InChI=1S/C20H18N4O3S/c1-24-16-4-3-13(7-14(16)8-19(24)25)15-10-28-20(23-22-15)21-9-12-2-5-17-18(6-12)27-11-26-17/h2-7H,8-11H2,1H3,(H,21,23). The highest BCUT2D eigenvalue weighted by atomic mass is 32.2. The van der Waals surface area contributed by atoms with E-state index in [4.69, 9.17) is 9.47 Å². The minimum Gasteiger partial charge on any atom is -0.454 e. The molecule has 0 radical (unpaired) electrons. The molecule has 0 saturated heterocycles. The van der Waals surface area contributed by atoms with Crippen LogP contribution in [0.5, 0.6) is 11.5 Å². The molecule has 8 heteroatoms. The number of likely N-dealkylation sites (N-methyl/N-ethyl adjacent to an activating group) is 1. The van der Waals surface area contributed by atoms with E-state index in [1.807, 2.05) is 37.4 Å². The summed E-state index contributed by atoms with van der Waals surface area (Å²) in [4.78, 5) is 18.2. The first-order valence-corrected chi connectivity index (χ1v) is 9.94. The largest absolute Gasteiger partial charge is 0.454 e. The van der Waals surface area contributed by atoms with Gasteiger partial charge in [0.1, 0.15) is 0 Å². The summed E-state index contributed by atoms with van der Waals surface area (Å²) in [5.74, 6) is 2.40. The molecule has 3 aliphatic rings. The topological polar surface area (TPSA) is 75.5 Å². The number of amides is 1. The Kier molecular flexibility index (Phi) is 4.20. The van der Waals surface area contributed by atoms with Crippen LogP contribution in [-0.4, -0.2) is 36.4 Å². The molecule has 7 nitrogen and oxygen atoms in total. The monoisotopic (exact) mass is 394 g/mol. The van der Waals surface area contributed by atoms with Crippen molar-refractivity contribution in [2.75, 3.05) is 24.5 Å². The molecule has 1 amide bonds. The predicted molar refractivity (Wildman–Crippen MR) is 109 cm³/mol. The number of carbonyl (C=O) groups is 1. The van der Waals surface area contributed by atoms with Gasteiger partial charge in [0.05, 0.1) is 18.7 Å². The summed E-state index contributed by atoms with van der Waals surface area (Å²) >= 11 is 1.62. The van der Waals surface area contributed by atoms with E-state index >= 15 is 0 Å². The molecule has 2 aromatic carbocycles. The Labute approximate surface area is 166 Å². The van der Waals surface area contributed by atoms with Gasteiger partial charge in [-0.15, -0.1) is 0 Å². The van der Waals surface area contributed by atoms with E-state index in [-0.39, 0.29) is 12.7 Å². The number of benzene rings is 2. The van der Waals surface area contributed by atoms with E-state index in [1.54, 1.807) is 16.7 Å². The molecule has 5 rings (SSSR count). The Hall–Kier alpha value is -3.00. The first kappa shape index (κ1) is 17.1. The van der Waals surface area contributed by atoms with Gasteiger partial charge in [-0.1, -0.05) is 23.9 Å². The lowest BCUT2D eigenvalue weighted by Gasteiger charge is -2.16. The molecule has 0 fully saturated rings. The molecule has 3 aliphatic heterocycles. The van der Waals surface area contributed by atoms with Gasteiger partial charge in [0.2, 0.25) is 12.7 Å². The maximum Gasteiger partial charge on any atom is 0.231 e. The summed E-state index contributed by atoms with van der Waals surface area (Å²) in [6.45, 7) is 0.819. The second-order valence-electron chi connectivity index (χ2n) is 6.74. The minimum absolute atomic E-state index is 0.128. The van der Waals surface area contributed by atoms with Crippen molar-refractivity contribution in [3.63, 3.8) is 0 Å². The molecule has 0 unspecified atom stereocenters. The van der Waals surface area contributed by atoms with Crippen LogP contribution in [0.3, 0.4) is 0 Å². The van der Waals surface area contributed by atoms with Crippen LogP contribution in [0, 0.1) is 0 Å². The van der Waals surface area contributed by atoms with Crippen LogP contribution in [0.25, 0.3) is 0 Å². The zero-order valence-corrected chi connectivity index (χ0v) is 16.1. The summed E-state index contributed by atoms with van der Waals surface area (Å²) < 4.78 is 10.7. The molecule has 0 spiro atoms. The fraction of sp³-hybridized carbons (Fsp3) is 0.250. The molecule has 3 heterocycles. The van der Waals surface area contributed by atoms with E-state index in [1.165, 1.54) is 0 Å². The fourth-order valence-corrected chi connectivity index (χ4v) is 4.17. The third-order valence-corrected chi connectivity index (χ3v) is 5.88. The predicted octanol–water partition coefficient (Wildman–Crippen LogP) is 2.53. The number of hydrogen-bond donors (Lipinski definition) is 1. The van der Waals surface area contributed by atoms with Gasteiger partial charge in [-0.25, -0.2) is 0 Å². The fourth-order valence-electron chi connectivity index (χ4n) is 3.40. The first-order chi connectivity index (χ1) is 13.7. The van der Waals surface area contributed by atoms with Gasteiger partial charge in [-0.2, -0.15) is 5.10 Å². The van der Waals surface area contributed by atoms with Crippen LogP contribution < -0.4 is 19.8 Å². The Balaban J connectivity index is 1.27. The molecular formula is C20H18N4O3S. The third-order valence-electron chi connectivity index (χ3n) is 4.96. The highest BCUT2D eigenvalue weighted by Crippen LogP contribution is 2.33. The van der Waals surface area contributed by atoms with Crippen molar-refractivity contribution in [1.29, 1.82) is 0 Å². The Morgan fingerprint density at radius 1 is 1.21 bits per heavy atom. The zero-order valence-electron chi connectivity index (χ0n) is 15.3. The highest BCUT2D eigenvalue weighted by molar-refractivity contribution is 8.14. The summed E-state index contributed by atoms with van der Waals surface area (Å²) in [6, 6.07) is 11.9. The molecule has 2 aromatic rings. The van der Waals surface area contributed by atoms with Crippen LogP contribution >= 0.6 is 11.8 Å². The van der Waals surface area contributed by atoms with Gasteiger partial charge in [0.25, 0.3) is 0 Å². The third kappa shape index (κ3) is 3.09. The zero-order chi connectivity index (χ0) is 19.1. The minimum atomic E-state index is 0.128. The average Bonchev–Trinajstić information content (AvgIpc) is 3.30.